The summed E-state index contributed by atoms with van der Waals surface area (Å²) in [5, 5.41) is 2.06. The fourth-order valence-electron chi connectivity index (χ4n) is 3.02. The van der Waals surface area contributed by atoms with Gasteiger partial charge in [-0.05, 0) is 31.2 Å². The molecule has 2 aromatic carbocycles. The highest BCUT2D eigenvalue weighted by molar-refractivity contribution is 6.11. The largest absolute Gasteiger partial charge is 0.497 e. The first-order valence-corrected chi connectivity index (χ1v) is 6.83. The lowest BCUT2D eigenvalue weighted by molar-refractivity contribution is 0.415. The lowest BCUT2D eigenvalue weighted by Gasteiger charge is -2.06. The highest BCUT2D eigenvalue weighted by atomic mass is 16.5. The minimum atomic E-state index is 0.769. The summed E-state index contributed by atoms with van der Waals surface area (Å²) in [7, 11) is 1.66. The molecule has 0 aliphatic heterocycles. The molecule has 4 nitrogen and oxygen atoms in total. The zero-order valence-electron chi connectivity index (χ0n) is 11.9. The molecule has 0 atom stereocenters. The van der Waals surface area contributed by atoms with Crippen molar-refractivity contribution < 1.29 is 4.74 Å². The minimum Gasteiger partial charge on any atom is -0.497 e. The van der Waals surface area contributed by atoms with Crippen LogP contribution in [0.1, 0.15) is 5.82 Å². The second-order valence-corrected chi connectivity index (χ2v) is 5.16. The van der Waals surface area contributed by atoms with Crippen LogP contribution in [0.15, 0.2) is 42.5 Å². The van der Waals surface area contributed by atoms with Crippen molar-refractivity contribution in [3.8, 4) is 5.75 Å². The summed E-state index contributed by atoms with van der Waals surface area (Å²) in [6.07, 6.45) is 0. The fraction of sp³-hybridized carbons (Fsp3) is 0.118. The monoisotopic (exact) mass is 277 g/mol. The standard InChI is InChI=1S/C17H15N3O/c1-10-19-14-6-4-3-5-12(14)17-16(18)13-9-11(21-2)7-8-15(13)20(10)17/h3-9H,18H2,1-2H3. The average molecular weight is 277 g/mol. The van der Waals surface area contributed by atoms with Crippen LogP contribution in [0, 0.1) is 6.92 Å². The van der Waals surface area contributed by atoms with E-state index in [-0.39, 0.29) is 0 Å². The molecule has 0 aliphatic carbocycles. The Hall–Kier alpha value is -2.75. The van der Waals surface area contributed by atoms with Crippen molar-refractivity contribution in [3.63, 3.8) is 0 Å². The van der Waals surface area contributed by atoms with Crippen LogP contribution in [-0.4, -0.2) is 16.5 Å². The number of ether oxygens (including phenoxy) is 1. The first-order valence-electron chi connectivity index (χ1n) is 6.83. The van der Waals surface area contributed by atoms with Crippen LogP contribution in [0.3, 0.4) is 0 Å². The number of methoxy groups -OCH3 is 1. The lowest BCUT2D eigenvalue weighted by Crippen LogP contribution is -1.97. The Morgan fingerprint density at radius 1 is 1.10 bits per heavy atom. The molecule has 0 spiro atoms. The van der Waals surface area contributed by atoms with Crippen molar-refractivity contribution in [1.29, 1.82) is 0 Å². The number of aryl methyl sites for hydroxylation is 1. The Morgan fingerprint density at radius 2 is 1.90 bits per heavy atom. The number of anilines is 1. The molecule has 0 fully saturated rings. The number of fused-ring (bicyclic) bond motifs is 5. The maximum absolute atomic E-state index is 6.43. The van der Waals surface area contributed by atoms with Gasteiger partial charge < -0.3 is 10.5 Å². The van der Waals surface area contributed by atoms with E-state index in [4.69, 9.17) is 10.5 Å². The zero-order chi connectivity index (χ0) is 14.6. The van der Waals surface area contributed by atoms with Crippen LogP contribution in [0.2, 0.25) is 0 Å². The van der Waals surface area contributed by atoms with E-state index in [2.05, 4.69) is 15.5 Å². The van der Waals surface area contributed by atoms with Crippen molar-refractivity contribution in [1.82, 2.24) is 9.38 Å². The van der Waals surface area contributed by atoms with E-state index in [1.165, 1.54) is 0 Å². The zero-order valence-corrected chi connectivity index (χ0v) is 11.9. The van der Waals surface area contributed by atoms with Gasteiger partial charge in [0.25, 0.3) is 0 Å². The third-order valence-electron chi connectivity index (χ3n) is 3.98. The van der Waals surface area contributed by atoms with Gasteiger partial charge in [-0.25, -0.2) is 4.98 Å². The number of nitrogens with zero attached hydrogens (tertiary/aromatic N) is 2. The van der Waals surface area contributed by atoms with Crippen molar-refractivity contribution in [3.05, 3.63) is 48.3 Å². The van der Waals surface area contributed by atoms with Crippen LogP contribution in [0.25, 0.3) is 27.3 Å². The van der Waals surface area contributed by atoms with Gasteiger partial charge in [0.15, 0.2) is 0 Å². The van der Waals surface area contributed by atoms with Gasteiger partial charge in [0, 0.05) is 10.8 Å². The van der Waals surface area contributed by atoms with Gasteiger partial charge in [0.2, 0.25) is 0 Å². The van der Waals surface area contributed by atoms with Crippen molar-refractivity contribution in [2.45, 2.75) is 6.92 Å². The molecule has 0 radical (unpaired) electrons. The molecule has 2 heterocycles. The molecule has 104 valence electrons. The average Bonchev–Trinajstić information content (AvgIpc) is 2.81. The van der Waals surface area contributed by atoms with Crippen LogP contribution in [0.4, 0.5) is 5.69 Å². The Morgan fingerprint density at radius 3 is 2.71 bits per heavy atom. The molecule has 0 saturated heterocycles. The summed E-state index contributed by atoms with van der Waals surface area (Å²) in [4.78, 5) is 4.69. The van der Waals surface area contributed by atoms with E-state index in [9.17, 15) is 0 Å². The van der Waals surface area contributed by atoms with Crippen LogP contribution < -0.4 is 10.5 Å². The first kappa shape index (κ1) is 12.0. The summed E-state index contributed by atoms with van der Waals surface area (Å²) in [5.41, 5.74) is 10.2. The molecule has 4 rings (SSSR count). The predicted molar refractivity (Wildman–Crippen MR) is 85.9 cm³/mol. The Kier molecular flexibility index (Phi) is 2.36. The van der Waals surface area contributed by atoms with Gasteiger partial charge in [0.05, 0.1) is 29.3 Å². The smallest absolute Gasteiger partial charge is 0.119 e. The van der Waals surface area contributed by atoms with Crippen LogP contribution in [-0.2, 0) is 0 Å². The summed E-state index contributed by atoms with van der Waals surface area (Å²) < 4.78 is 7.43. The Bertz CT molecular complexity index is 1000. The molecule has 2 aromatic heterocycles. The molecule has 4 heteroatoms. The van der Waals surface area contributed by atoms with Gasteiger partial charge in [0.1, 0.15) is 11.6 Å². The Labute approximate surface area is 121 Å². The molecule has 0 unspecified atom stereocenters. The number of hydrogen-bond donors (Lipinski definition) is 1. The summed E-state index contributed by atoms with van der Waals surface area (Å²) in [6.45, 7) is 2.00. The lowest BCUT2D eigenvalue weighted by atomic mass is 10.2. The van der Waals surface area contributed by atoms with Crippen molar-refractivity contribution in [2.75, 3.05) is 12.8 Å². The van der Waals surface area contributed by atoms with E-state index in [0.717, 1.165) is 44.6 Å². The molecule has 0 amide bonds. The molecular weight excluding hydrogens is 262 g/mol. The van der Waals surface area contributed by atoms with E-state index in [1.54, 1.807) is 7.11 Å². The van der Waals surface area contributed by atoms with E-state index >= 15 is 0 Å². The topological polar surface area (TPSA) is 52.5 Å². The SMILES string of the molecule is COc1ccc2c(c1)c(N)c1c3ccccc3nc(C)n21. The van der Waals surface area contributed by atoms with E-state index in [1.807, 2.05) is 43.3 Å². The number of nitrogen functional groups attached to an aromatic ring is 1. The molecule has 21 heavy (non-hydrogen) atoms. The highest BCUT2D eigenvalue weighted by Gasteiger charge is 2.15. The molecular formula is C17H15N3O. The highest BCUT2D eigenvalue weighted by Crippen LogP contribution is 2.35. The van der Waals surface area contributed by atoms with E-state index in [0.29, 0.717) is 0 Å². The summed E-state index contributed by atoms with van der Waals surface area (Å²) >= 11 is 0. The van der Waals surface area contributed by atoms with Gasteiger partial charge >= 0.3 is 0 Å². The van der Waals surface area contributed by atoms with E-state index < -0.39 is 0 Å². The molecule has 2 N–H and O–H groups in total. The maximum atomic E-state index is 6.43. The van der Waals surface area contributed by atoms with Gasteiger partial charge in [-0.2, -0.15) is 0 Å². The van der Waals surface area contributed by atoms with Gasteiger partial charge in [-0.1, -0.05) is 18.2 Å². The van der Waals surface area contributed by atoms with Gasteiger partial charge in [-0.15, -0.1) is 0 Å². The quantitative estimate of drug-likeness (QED) is 0.579. The Balaban J connectivity index is 2.31. The first-order chi connectivity index (χ1) is 10.2. The molecule has 0 bridgehead atoms. The number of benzene rings is 2. The van der Waals surface area contributed by atoms with Crippen molar-refractivity contribution in [2.24, 2.45) is 0 Å². The third-order valence-corrected chi connectivity index (χ3v) is 3.98. The van der Waals surface area contributed by atoms with Crippen LogP contribution >= 0.6 is 0 Å². The van der Waals surface area contributed by atoms with Crippen molar-refractivity contribution >= 4 is 33.0 Å². The van der Waals surface area contributed by atoms with Gasteiger partial charge in [-0.3, -0.25) is 4.40 Å². The fourth-order valence-corrected chi connectivity index (χ4v) is 3.02. The third kappa shape index (κ3) is 1.53. The number of aromatic nitrogens is 2. The number of nitrogens with two attached hydrogens (primary N) is 1. The predicted octanol–water partition coefficient (Wildman–Crippen LogP) is 3.54. The second kappa shape index (κ2) is 4.12. The normalized spacial score (nSPS) is 11.5. The molecule has 4 aromatic rings. The summed E-state index contributed by atoms with van der Waals surface area (Å²) in [5.74, 6) is 1.73. The molecule has 0 saturated carbocycles. The maximum Gasteiger partial charge on any atom is 0.119 e. The van der Waals surface area contributed by atoms with Crippen LogP contribution in [0.5, 0.6) is 5.75 Å². The molecule has 0 aliphatic rings. The number of hydrogen-bond acceptors (Lipinski definition) is 3. The number of para-hydroxylation sites is 1. The second-order valence-electron chi connectivity index (χ2n) is 5.16. The minimum absolute atomic E-state index is 0.769. The number of rotatable bonds is 1. The summed E-state index contributed by atoms with van der Waals surface area (Å²) in [6, 6.07) is 14.0.